The molecular weight excluding hydrogens is 308 g/mol. The first-order valence-electron chi connectivity index (χ1n) is 7.08. The molecule has 2 aromatic rings. The molecule has 1 amide bonds. The molecule has 1 fully saturated rings. The number of amides is 1. The molecule has 7 nitrogen and oxygen atoms in total. The number of anilines is 1. The van der Waals surface area contributed by atoms with Gasteiger partial charge in [-0.25, -0.2) is 13.5 Å². The quantitative estimate of drug-likeness (QED) is 0.858. The first kappa shape index (κ1) is 15.5. The van der Waals surface area contributed by atoms with Gasteiger partial charge in [-0.15, -0.1) is 5.10 Å². The summed E-state index contributed by atoms with van der Waals surface area (Å²) in [6, 6.07) is 3.18. The van der Waals surface area contributed by atoms with Crippen LogP contribution in [-0.2, 0) is 16.1 Å². The van der Waals surface area contributed by atoms with E-state index in [0.29, 0.717) is 13.2 Å². The van der Waals surface area contributed by atoms with Gasteiger partial charge in [-0.1, -0.05) is 11.3 Å². The maximum absolute atomic E-state index is 13.6. The number of carbonyl (C=O) groups is 1. The monoisotopic (exact) mass is 323 g/mol. The van der Waals surface area contributed by atoms with Crippen LogP contribution in [0.2, 0.25) is 0 Å². The van der Waals surface area contributed by atoms with Gasteiger partial charge in [-0.05, 0) is 12.1 Å². The van der Waals surface area contributed by atoms with Gasteiger partial charge in [0.25, 0.3) is 0 Å². The fourth-order valence-corrected chi connectivity index (χ4v) is 2.23. The van der Waals surface area contributed by atoms with E-state index in [1.807, 2.05) is 0 Å². The first-order chi connectivity index (χ1) is 11.1. The van der Waals surface area contributed by atoms with Crippen molar-refractivity contribution in [3.8, 4) is 0 Å². The highest BCUT2D eigenvalue weighted by atomic mass is 19.1. The maximum Gasteiger partial charge on any atom is 0.245 e. The zero-order chi connectivity index (χ0) is 16.2. The van der Waals surface area contributed by atoms with Crippen molar-refractivity contribution in [3.63, 3.8) is 0 Å². The van der Waals surface area contributed by atoms with Crippen LogP contribution in [0.3, 0.4) is 0 Å². The first-order valence-corrected chi connectivity index (χ1v) is 7.08. The summed E-state index contributed by atoms with van der Waals surface area (Å²) in [6.45, 7) is 1.32. The summed E-state index contributed by atoms with van der Waals surface area (Å²) < 4.78 is 33.7. The second-order valence-electron chi connectivity index (χ2n) is 5.07. The fourth-order valence-electron chi connectivity index (χ4n) is 2.23. The highest BCUT2D eigenvalue weighted by Gasteiger charge is 2.22. The van der Waals surface area contributed by atoms with E-state index in [4.69, 9.17) is 4.74 Å². The summed E-state index contributed by atoms with van der Waals surface area (Å²) in [7, 11) is 0. The van der Waals surface area contributed by atoms with Crippen LogP contribution in [-0.4, -0.2) is 46.7 Å². The van der Waals surface area contributed by atoms with Gasteiger partial charge < -0.3 is 15.4 Å². The van der Waals surface area contributed by atoms with Gasteiger partial charge in [0, 0.05) is 12.1 Å². The summed E-state index contributed by atoms with van der Waals surface area (Å²) in [5, 5.41) is 13.1. The number of hydrogen-bond acceptors (Lipinski definition) is 5. The highest BCUT2D eigenvalue weighted by molar-refractivity contribution is 5.94. The molecule has 1 aliphatic rings. The molecule has 1 saturated heterocycles. The lowest BCUT2D eigenvalue weighted by Crippen LogP contribution is -2.48. The Labute approximate surface area is 130 Å². The Morgan fingerprint density at radius 3 is 2.91 bits per heavy atom. The van der Waals surface area contributed by atoms with Gasteiger partial charge >= 0.3 is 0 Å². The smallest absolute Gasteiger partial charge is 0.245 e. The van der Waals surface area contributed by atoms with E-state index < -0.39 is 17.7 Å². The molecule has 0 aliphatic carbocycles. The van der Waals surface area contributed by atoms with Crippen LogP contribution in [0.15, 0.2) is 24.4 Å². The minimum Gasteiger partial charge on any atom is -0.378 e. The fraction of sp³-hybridized carbons (Fsp3) is 0.357. The molecule has 3 rings (SSSR count). The van der Waals surface area contributed by atoms with Crippen LogP contribution in [0.1, 0.15) is 5.56 Å². The third kappa shape index (κ3) is 3.69. The zero-order valence-corrected chi connectivity index (χ0v) is 12.1. The number of nitrogens with zero attached hydrogens (tertiary/aromatic N) is 3. The predicted molar refractivity (Wildman–Crippen MR) is 76.7 cm³/mol. The molecule has 9 heteroatoms. The largest absolute Gasteiger partial charge is 0.378 e. The summed E-state index contributed by atoms with van der Waals surface area (Å²) in [5.41, 5.74) is -0.113. The predicted octanol–water partition coefficient (Wildman–Crippen LogP) is 0.531. The lowest BCUT2D eigenvalue weighted by Gasteiger charge is -2.22. The molecule has 1 atom stereocenters. The molecule has 1 aromatic heterocycles. The van der Waals surface area contributed by atoms with Crippen molar-refractivity contribution in [2.75, 3.05) is 25.1 Å². The summed E-state index contributed by atoms with van der Waals surface area (Å²) >= 11 is 0. The van der Waals surface area contributed by atoms with Crippen LogP contribution < -0.4 is 10.6 Å². The van der Waals surface area contributed by atoms with E-state index in [2.05, 4.69) is 20.9 Å². The Morgan fingerprint density at radius 1 is 1.43 bits per heavy atom. The van der Waals surface area contributed by atoms with Gasteiger partial charge in [0.15, 0.2) is 5.82 Å². The normalized spacial score (nSPS) is 17.9. The van der Waals surface area contributed by atoms with Gasteiger partial charge in [-0.3, -0.25) is 4.79 Å². The molecular formula is C14H15F2N5O2. The minimum atomic E-state index is -0.658. The van der Waals surface area contributed by atoms with E-state index in [-0.39, 0.29) is 30.4 Å². The van der Waals surface area contributed by atoms with Crippen LogP contribution in [0.4, 0.5) is 14.6 Å². The van der Waals surface area contributed by atoms with Gasteiger partial charge in [-0.2, -0.15) is 0 Å². The highest BCUT2D eigenvalue weighted by Crippen LogP contribution is 2.14. The van der Waals surface area contributed by atoms with E-state index in [0.717, 1.165) is 0 Å². The van der Waals surface area contributed by atoms with E-state index in [1.54, 1.807) is 0 Å². The lowest BCUT2D eigenvalue weighted by molar-refractivity contribution is -0.120. The Morgan fingerprint density at radius 2 is 2.22 bits per heavy atom. The van der Waals surface area contributed by atoms with E-state index in [9.17, 15) is 13.6 Å². The molecule has 2 heterocycles. The van der Waals surface area contributed by atoms with Crippen molar-refractivity contribution in [1.29, 1.82) is 0 Å². The second-order valence-corrected chi connectivity index (χ2v) is 5.07. The number of halogens is 2. The van der Waals surface area contributed by atoms with E-state index in [1.165, 1.54) is 29.1 Å². The number of aromatic nitrogens is 3. The summed E-state index contributed by atoms with van der Waals surface area (Å²) in [4.78, 5) is 12.0. The lowest BCUT2D eigenvalue weighted by atomic mass is 10.2. The molecule has 1 unspecified atom stereocenters. The van der Waals surface area contributed by atoms with Crippen molar-refractivity contribution in [3.05, 3.63) is 41.6 Å². The maximum atomic E-state index is 13.6. The molecule has 0 spiro atoms. The minimum absolute atomic E-state index is 0.113. The SMILES string of the molecule is O=C(Nc1cn(Cc2c(F)cccc2F)nn1)C1COCCN1. The average molecular weight is 323 g/mol. The van der Waals surface area contributed by atoms with E-state index >= 15 is 0 Å². The number of morpholine rings is 1. The van der Waals surface area contributed by atoms with Crippen LogP contribution >= 0.6 is 0 Å². The standard InChI is InChI=1S/C14H15F2N5O2/c15-10-2-1-3-11(16)9(10)6-21-7-13(19-20-21)18-14(22)12-8-23-5-4-17-12/h1-3,7,12,17H,4-6,8H2,(H,18,22). The molecule has 0 bridgehead atoms. The summed E-state index contributed by atoms with van der Waals surface area (Å²) in [5.74, 6) is -1.41. The van der Waals surface area contributed by atoms with Crippen LogP contribution in [0, 0.1) is 11.6 Å². The molecule has 0 radical (unpaired) electrons. The van der Waals surface area contributed by atoms with Crippen molar-refractivity contribution >= 4 is 11.7 Å². The number of hydrogen-bond donors (Lipinski definition) is 2. The molecule has 2 N–H and O–H groups in total. The number of carbonyl (C=O) groups excluding carboxylic acids is 1. The third-order valence-electron chi connectivity index (χ3n) is 3.41. The van der Waals surface area contributed by atoms with Crippen molar-refractivity contribution in [2.45, 2.75) is 12.6 Å². The van der Waals surface area contributed by atoms with Gasteiger partial charge in [0.05, 0.1) is 26.0 Å². The topological polar surface area (TPSA) is 81.1 Å². The van der Waals surface area contributed by atoms with Crippen LogP contribution in [0.25, 0.3) is 0 Å². The van der Waals surface area contributed by atoms with Crippen molar-refractivity contribution in [2.24, 2.45) is 0 Å². The third-order valence-corrected chi connectivity index (χ3v) is 3.41. The zero-order valence-electron chi connectivity index (χ0n) is 12.1. The van der Waals surface area contributed by atoms with Crippen molar-refractivity contribution in [1.82, 2.24) is 20.3 Å². The van der Waals surface area contributed by atoms with Gasteiger partial charge in [0.1, 0.15) is 17.7 Å². The Balaban J connectivity index is 1.65. The Kier molecular flexibility index (Phi) is 4.58. The molecule has 23 heavy (non-hydrogen) atoms. The number of rotatable bonds is 4. The number of nitrogens with one attached hydrogen (secondary N) is 2. The van der Waals surface area contributed by atoms with Gasteiger partial charge in [0.2, 0.25) is 5.91 Å². The van der Waals surface area contributed by atoms with Crippen LogP contribution in [0.5, 0.6) is 0 Å². The number of ether oxygens (including phenoxy) is 1. The Hall–Kier alpha value is -2.39. The molecule has 122 valence electrons. The van der Waals surface area contributed by atoms with Crippen molar-refractivity contribution < 1.29 is 18.3 Å². The average Bonchev–Trinajstić information content (AvgIpc) is 2.99. The Bertz CT molecular complexity index is 680. The second kappa shape index (κ2) is 6.80. The molecule has 1 aliphatic heterocycles. The summed E-state index contributed by atoms with van der Waals surface area (Å²) in [6.07, 6.45) is 1.41. The molecule has 0 saturated carbocycles. The number of benzene rings is 1. The molecule has 1 aromatic carbocycles.